The fourth-order valence-corrected chi connectivity index (χ4v) is 5.13. The number of hydrogen-bond acceptors (Lipinski definition) is 7. The molecule has 0 bridgehead atoms. The molecular formula is C25H25N5O2S. The number of nitrogens with one attached hydrogen (secondary N) is 1. The van der Waals surface area contributed by atoms with Gasteiger partial charge in [0.2, 0.25) is 5.91 Å². The lowest BCUT2D eigenvalue weighted by Crippen LogP contribution is -2.41. The van der Waals surface area contributed by atoms with Gasteiger partial charge in [-0.05, 0) is 55.7 Å². The van der Waals surface area contributed by atoms with Gasteiger partial charge >= 0.3 is 0 Å². The first-order valence-corrected chi connectivity index (χ1v) is 11.8. The fourth-order valence-electron chi connectivity index (χ4n) is 4.19. The lowest BCUT2D eigenvalue weighted by atomic mass is 9.97. The first-order valence-electron chi connectivity index (χ1n) is 11.0. The molecule has 2 aromatic heterocycles. The van der Waals surface area contributed by atoms with Crippen molar-refractivity contribution in [1.82, 2.24) is 15.0 Å². The van der Waals surface area contributed by atoms with Gasteiger partial charge in [0.1, 0.15) is 17.9 Å². The average molecular weight is 460 g/mol. The lowest BCUT2D eigenvalue weighted by molar-refractivity contribution is -0.120. The van der Waals surface area contributed by atoms with Gasteiger partial charge in [-0.2, -0.15) is 0 Å². The number of para-hydroxylation sites is 1. The Morgan fingerprint density at radius 1 is 1.18 bits per heavy atom. The third-order valence-electron chi connectivity index (χ3n) is 6.01. The topological polar surface area (TPSA) is 80.2 Å². The third-order valence-corrected chi connectivity index (χ3v) is 6.94. The van der Waals surface area contributed by atoms with E-state index < -0.39 is 0 Å². The van der Waals surface area contributed by atoms with Crippen molar-refractivity contribution in [1.29, 1.82) is 0 Å². The van der Waals surface area contributed by atoms with Gasteiger partial charge in [-0.15, -0.1) is 0 Å². The van der Waals surface area contributed by atoms with E-state index in [0.29, 0.717) is 11.7 Å². The summed E-state index contributed by atoms with van der Waals surface area (Å²) in [6, 6.07) is 15.9. The normalized spacial score (nSPS) is 16.1. The van der Waals surface area contributed by atoms with Crippen molar-refractivity contribution in [3.8, 4) is 17.0 Å². The van der Waals surface area contributed by atoms with E-state index in [-0.39, 0.29) is 11.8 Å². The van der Waals surface area contributed by atoms with Gasteiger partial charge in [0.15, 0.2) is 5.13 Å². The quantitative estimate of drug-likeness (QED) is 0.456. The molecule has 3 heterocycles. The van der Waals surface area contributed by atoms with Crippen LogP contribution in [0, 0.1) is 12.8 Å². The van der Waals surface area contributed by atoms with Crippen LogP contribution in [0.4, 0.5) is 10.9 Å². The number of aromatic nitrogens is 3. The van der Waals surface area contributed by atoms with Gasteiger partial charge in [0.25, 0.3) is 0 Å². The minimum Gasteiger partial charge on any atom is -0.497 e. The second-order valence-corrected chi connectivity index (χ2v) is 9.24. The lowest BCUT2D eigenvalue weighted by Gasteiger charge is -2.32. The standard InChI is InChI=1S/C25H25N5O2S/c1-16-5-3-7-21-23(16)28-25(33-21)29-24(31)18-6-4-12-30(14-18)22-13-20(26-15-27-22)17-8-10-19(32-2)11-9-17/h3,5,7-11,13,15,18H,4,6,12,14H2,1-2H3,(H,28,29,31). The number of anilines is 2. The van der Waals surface area contributed by atoms with E-state index in [1.54, 1.807) is 13.4 Å². The molecule has 33 heavy (non-hydrogen) atoms. The van der Waals surface area contributed by atoms with Crippen LogP contribution in [0.1, 0.15) is 18.4 Å². The zero-order chi connectivity index (χ0) is 22.8. The van der Waals surface area contributed by atoms with Crippen LogP contribution in [0.5, 0.6) is 5.75 Å². The smallest absolute Gasteiger partial charge is 0.231 e. The van der Waals surface area contributed by atoms with Crippen molar-refractivity contribution < 1.29 is 9.53 Å². The summed E-state index contributed by atoms with van der Waals surface area (Å²) in [5.74, 6) is 1.54. The molecule has 0 saturated carbocycles. The number of benzene rings is 2. The van der Waals surface area contributed by atoms with Crippen LogP contribution in [0.15, 0.2) is 54.9 Å². The van der Waals surface area contributed by atoms with Crippen LogP contribution in [-0.2, 0) is 4.79 Å². The molecule has 2 aromatic carbocycles. The van der Waals surface area contributed by atoms with Gasteiger partial charge in [-0.1, -0.05) is 23.5 Å². The van der Waals surface area contributed by atoms with Crippen LogP contribution in [0.2, 0.25) is 0 Å². The van der Waals surface area contributed by atoms with Crippen LogP contribution in [0.3, 0.4) is 0 Å². The van der Waals surface area contributed by atoms with Crippen LogP contribution < -0.4 is 15.0 Å². The van der Waals surface area contributed by atoms with Crippen LogP contribution >= 0.6 is 11.3 Å². The summed E-state index contributed by atoms with van der Waals surface area (Å²) >= 11 is 1.52. The van der Waals surface area contributed by atoms with E-state index in [9.17, 15) is 4.79 Å². The van der Waals surface area contributed by atoms with Crippen molar-refractivity contribution >= 4 is 38.4 Å². The number of nitrogens with zero attached hydrogens (tertiary/aromatic N) is 4. The Balaban J connectivity index is 1.30. The van der Waals surface area contributed by atoms with Crippen molar-refractivity contribution in [2.24, 2.45) is 5.92 Å². The molecule has 7 nitrogen and oxygen atoms in total. The van der Waals surface area contributed by atoms with E-state index in [2.05, 4.69) is 25.2 Å². The minimum absolute atomic E-state index is 0.0147. The molecular weight excluding hydrogens is 434 g/mol. The van der Waals surface area contributed by atoms with E-state index in [1.165, 1.54) is 11.3 Å². The summed E-state index contributed by atoms with van der Waals surface area (Å²) in [7, 11) is 1.65. The molecule has 1 aliphatic rings. The highest BCUT2D eigenvalue weighted by molar-refractivity contribution is 7.22. The number of hydrogen-bond donors (Lipinski definition) is 1. The Bertz CT molecular complexity index is 1290. The van der Waals surface area contributed by atoms with Crippen molar-refractivity contribution in [2.45, 2.75) is 19.8 Å². The van der Waals surface area contributed by atoms with Gasteiger partial charge in [-0.25, -0.2) is 15.0 Å². The number of ether oxygens (including phenoxy) is 1. The number of rotatable bonds is 5. The van der Waals surface area contributed by atoms with Crippen molar-refractivity contribution in [2.75, 3.05) is 30.4 Å². The molecule has 0 aliphatic carbocycles. The fraction of sp³-hybridized carbons (Fsp3) is 0.280. The van der Waals surface area contributed by atoms with Gasteiger partial charge in [-0.3, -0.25) is 4.79 Å². The number of amides is 1. The Hall–Kier alpha value is -3.52. The van der Waals surface area contributed by atoms with Crippen LogP contribution in [0.25, 0.3) is 21.5 Å². The minimum atomic E-state index is -0.119. The van der Waals surface area contributed by atoms with E-state index in [0.717, 1.165) is 58.0 Å². The van der Waals surface area contributed by atoms with Gasteiger partial charge in [0.05, 0.1) is 28.9 Å². The molecule has 8 heteroatoms. The molecule has 1 aliphatic heterocycles. The highest BCUT2D eigenvalue weighted by Crippen LogP contribution is 2.30. The predicted octanol–water partition coefficient (Wildman–Crippen LogP) is 4.93. The number of aryl methyl sites for hydroxylation is 1. The first kappa shape index (κ1) is 21.3. The second kappa shape index (κ2) is 9.15. The third kappa shape index (κ3) is 4.52. The zero-order valence-corrected chi connectivity index (χ0v) is 19.4. The van der Waals surface area contributed by atoms with Gasteiger partial charge in [0, 0.05) is 24.7 Å². The van der Waals surface area contributed by atoms with Crippen molar-refractivity contribution in [3.05, 3.63) is 60.4 Å². The predicted molar refractivity (Wildman–Crippen MR) is 132 cm³/mol. The maximum Gasteiger partial charge on any atom is 0.231 e. The van der Waals surface area contributed by atoms with E-state index in [4.69, 9.17) is 4.74 Å². The number of fused-ring (bicyclic) bond motifs is 1. The molecule has 0 radical (unpaired) electrons. The van der Waals surface area contributed by atoms with Gasteiger partial charge < -0.3 is 15.0 Å². The summed E-state index contributed by atoms with van der Waals surface area (Å²) in [5.41, 5.74) is 3.91. The largest absolute Gasteiger partial charge is 0.497 e. The molecule has 1 N–H and O–H groups in total. The molecule has 1 atom stereocenters. The Labute approximate surface area is 196 Å². The second-order valence-electron chi connectivity index (χ2n) is 8.21. The molecule has 0 spiro atoms. The number of methoxy groups -OCH3 is 1. The molecule has 4 aromatic rings. The molecule has 1 amide bonds. The number of piperidine rings is 1. The summed E-state index contributed by atoms with van der Waals surface area (Å²) in [6.07, 6.45) is 3.36. The Kier molecular flexibility index (Phi) is 5.92. The number of thiazole rings is 1. The number of carbonyl (C=O) groups is 1. The highest BCUT2D eigenvalue weighted by atomic mass is 32.1. The van der Waals surface area contributed by atoms with Crippen LogP contribution in [-0.4, -0.2) is 41.1 Å². The summed E-state index contributed by atoms with van der Waals surface area (Å²) < 4.78 is 6.33. The average Bonchev–Trinajstić information content (AvgIpc) is 3.28. The number of carbonyl (C=O) groups excluding carboxylic acids is 1. The maximum absolute atomic E-state index is 13.0. The summed E-state index contributed by atoms with van der Waals surface area (Å²) in [5, 5.41) is 3.70. The summed E-state index contributed by atoms with van der Waals surface area (Å²) in [4.78, 5) is 28.8. The summed E-state index contributed by atoms with van der Waals surface area (Å²) in [6.45, 7) is 3.52. The monoisotopic (exact) mass is 459 g/mol. The maximum atomic E-state index is 13.0. The van der Waals surface area contributed by atoms with E-state index >= 15 is 0 Å². The molecule has 1 fully saturated rings. The van der Waals surface area contributed by atoms with Crippen molar-refractivity contribution in [3.63, 3.8) is 0 Å². The first-order chi connectivity index (χ1) is 16.1. The van der Waals surface area contributed by atoms with E-state index in [1.807, 2.05) is 55.5 Å². The molecule has 1 saturated heterocycles. The SMILES string of the molecule is COc1ccc(-c2cc(N3CCCC(C(=O)Nc4nc5c(C)cccc5s4)C3)ncn2)cc1. The molecule has 168 valence electrons. The molecule has 1 unspecified atom stereocenters. The Morgan fingerprint density at radius 3 is 2.82 bits per heavy atom. The zero-order valence-electron chi connectivity index (χ0n) is 18.6. The highest BCUT2D eigenvalue weighted by Gasteiger charge is 2.27. The Morgan fingerprint density at radius 2 is 2.03 bits per heavy atom. The molecule has 5 rings (SSSR count).